The van der Waals surface area contributed by atoms with Crippen LogP contribution in [-0.4, -0.2) is 41.8 Å². The Morgan fingerprint density at radius 1 is 1.03 bits per heavy atom. The van der Waals surface area contributed by atoms with Gasteiger partial charge in [0.05, 0.1) is 5.69 Å². The molecule has 3 atom stereocenters. The van der Waals surface area contributed by atoms with E-state index >= 15 is 0 Å². The van der Waals surface area contributed by atoms with Crippen molar-refractivity contribution in [1.82, 2.24) is 4.90 Å². The zero-order chi connectivity index (χ0) is 22.7. The number of hydrogen-bond acceptors (Lipinski definition) is 4. The molecule has 2 aromatic rings. The van der Waals surface area contributed by atoms with Gasteiger partial charge in [-0.1, -0.05) is 36.8 Å². The molecule has 0 bridgehead atoms. The Morgan fingerprint density at radius 2 is 1.75 bits per heavy atom. The van der Waals surface area contributed by atoms with Crippen LogP contribution in [0, 0.1) is 5.41 Å². The average Bonchev–Trinajstić information content (AvgIpc) is 3.12. The van der Waals surface area contributed by atoms with Gasteiger partial charge in [0.15, 0.2) is 0 Å². The maximum absolute atomic E-state index is 13.5. The molecule has 3 unspecified atom stereocenters. The fraction of sp³-hybridized carbons (Fsp3) is 0.462. The Labute approximate surface area is 195 Å². The lowest BCUT2D eigenvalue weighted by molar-refractivity contribution is -0.118. The van der Waals surface area contributed by atoms with Crippen LogP contribution >= 0.6 is 11.8 Å². The van der Waals surface area contributed by atoms with Crippen LogP contribution in [0.15, 0.2) is 53.4 Å². The number of para-hydroxylation sites is 1. The minimum absolute atomic E-state index is 0.0269. The monoisotopic (exact) mass is 450 g/mol. The number of fused-ring (bicyclic) bond motifs is 1. The average molecular weight is 451 g/mol. The van der Waals surface area contributed by atoms with Crippen molar-refractivity contribution in [2.75, 3.05) is 18.0 Å². The first-order valence-corrected chi connectivity index (χ1v) is 12.6. The number of rotatable bonds is 8. The molecule has 1 saturated heterocycles. The molecule has 2 aromatic carbocycles. The molecule has 170 valence electrons. The van der Waals surface area contributed by atoms with E-state index in [0.29, 0.717) is 17.6 Å². The van der Waals surface area contributed by atoms with Crippen molar-refractivity contribution >= 4 is 29.2 Å². The second kappa shape index (κ2) is 10.1. The third-order valence-corrected chi connectivity index (χ3v) is 8.13. The number of benzene rings is 2. The van der Waals surface area contributed by atoms with E-state index in [0.717, 1.165) is 42.1 Å². The van der Waals surface area contributed by atoms with Gasteiger partial charge >= 0.3 is 0 Å². The summed E-state index contributed by atoms with van der Waals surface area (Å²) in [6, 6.07) is 17.1. The molecule has 32 heavy (non-hydrogen) atoms. The van der Waals surface area contributed by atoms with Crippen molar-refractivity contribution in [2.45, 2.75) is 68.2 Å². The smallest absolute Gasteiger partial charge is 0.245 e. The third kappa shape index (κ3) is 4.86. The topological polar surface area (TPSA) is 73.4 Å². The van der Waals surface area contributed by atoms with Gasteiger partial charge in [-0.05, 0) is 69.8 Å². The maximum Gasteiger partial charge on any atom is 0.245 e. The molecule has 5 nitrogen and oxygen atoms in total. The van der Waals surface area contributed by atoms with Gasteiger partial charge in [0.25, 0.3) is 0 Å². The molecule has 6 heteroatoms. The van der Waals surface area contributed by atoms with Crippen LogP contribution in [0.1, 0.15) is 62.3 Å². The van der Waals surface area contributed by atoms with E-state index in [9.17, 15) is 4.79 Å². The molecular weight excluding hydrogens is 416 g/mol. The van der Waals surface area contributed by atoms with E-state index in [2.05, 4.69) is 30.9 Å². The van der Waals surface area contributed by atoms with Crippen molar-refractivity contribution in [3.63, 3.8) is 0 Å². The van der Waals surface area contributed by atoms with E-state index in [4.69, 9.17) is 11.1 Å². The highest BCUT2D eigenvalue weighted by Gasteiger charge is 2.34. The zero-order valence-corrected chi connectivity index (χ0v) is 19.9. The van der Waals surface area contributed by atoms with Gasteiger partial charge in [-0.3, -0.25) is 15.1 Å². The summed E-state index contributed by atoms with van der Waals surface area (Å²) < 4.78 is 0. The van der Waals surface area contributed by atoms with Crippen LogP contribution < -0.4 is 10.6 Å². The van der Waals surface area contributed by atoms with E-state index in [1.165, 1.54) is 19.3 Å². The number of carbonyl (C=O) groups excluding carboxylic acids is 1. The lowest BCUT2D eigenvalue weighted by Gasteiger charge is -2.34. The molecule has 3 N–H and O–H groups in total. The van der Waals surface area contributed by atoms with Gasteiger partial charge < -0.3 is 10.6 Å². The lowest BCUT2D eigenvalue weighted by atomic mass is 10.1. The number of nitrogens with one attached hydrogen (secondary N) is 1. The van der Waals surface area contributed by atoms with Gasteiger partial charge in [0.1, 0.15) is 11.1 Å². The number of carbonyl (C=O) groups is 1. The fourth-order valence-corrected chi connectivity index (χ4v) is 6.18. The number of anilines is 1. The first kappa shape index (κ1) is 22.9. The Balaban J connectivity index is 1.43. The number of likely N-dealkylation sites (tertiary alicyclic amines) is 1. The number of hydrogen-bond donors (Lipinski definition) is 2. The number of nitrogens with zero attached hydrogens (tertiary/aromatic N) is 2. The molecule has 0 aromatic heterocycles. The van der Waals surface area contributed by atoms with Crippen molar-refractivity contribution < 1.29 is 4.79 Å². The molecule has 0 aliphatic carbocycles. The zero-order valence-electron chi connectivity index (χ0n) is 19.1. The van der Waals surface area contributed by atoms with Gasteiger partial charge in [0.2, 0.25) is 5.91 Å². The highest BCUT2D eigenvalue weighted by Crippen LogP contribution is 2.46. The van der Waals surface area contributed by atoms with Crippen LogP contribution in [0.3, 0.4) is 0 Å². The summed E-state index contributed by atoms with van der Waals surface area (Å²) in [4.78, 5) is 19.3. The molecule has 2 aliphatic heterocycles. The normalized spacial score (nSPS) is 23.4. The molecule has 1 amide bonds. The molecule has 2 aliphatic rings. The van der Waals surface area contributed by atoms with Gasteiger partial charge in [-0.2, -0.15) is 0 Å². The van der Waals surface area contributed by atoms with Crippen molar-refractivity contribution in [2.24, 2.45) is 5.73 Å². The van der Waals surface area contributed by atoms with E-state index < -0.39 is 0 Å². The number of unbranched alkanes of at least 4 members (excludes halogenated alkanes) is 2. The highest BCUT2D eigenvalue weighted by atomic mass is 32.2. The SMILES string of the molecule is CC1CCC(C)N1CCCCCN1C(=O)C(c2cccc(C(=N)N)c2)Sc2ccccc21. The lowest BCUT2D eigenvalue weighted by Crippen LogP contribution is -2.38. The predicted molar refractivity (Wildman–Crippen MR) is 134 cm³/mol. The minimum Gasteiger partial charge on any atom is -0.384 e. The fourth-order valence-electron chi connectivity index (χ4n) is 4.96. The Bertz CT molecular complexity index is 968. The largest absolute Gasteiger partial charge is 0.384 e. The van der Waals surface area contributed by atoms with E-state index in [-0.39, 0.29) is 17.0 Å². The van der Waals surface area contributed by atoms with Crippen LogP contribution in [0.5, 0.6) is 0 Å². The summed E-state index contributed by atoms with van der Waals surface area (Å²) in [5.41, 5.74) is 8.27. The van der Waals surface area contributed by atoms with Gasteiger partial charge in [-0.15, -0.1) is 11.8 Å². The van der Waals surface area contributed by atoms with Crippen molar-refractivity contribution in [1.29, 1.82) is 5.41 Å². The number of thioether (sulfide) groups is 1. The highest BCUT2D eigenvalue weighted by molar-refractivity contribution is 8.00. The van der Waals surface area contributed by atoms with Crippen molar-refractivity contribution in [3.05, 3.63) is 59.7 Å². The summed E-state index contributed by atoms with van der Waals surface area (Å²) in [5.74, 6) is 0.148. The maximum atomic E-state index is 13.5. The summed E-state index contributed by atoms with van der Waals surface area (Å²) >= 11 is 1.59. The number of nitrogen functional groups attached to an aromatic ring is 1. The Kier molecular flexibility index (Phi) is 7.21. The van der Waals surface area contributed by atoms with Crippen molar-refractivity contribution in [3.8, 4) is 0 Å². The predicted octanol–water partition coefficient (Wildman–Crippen LogP) is 5.19. The summed E-state index contributed by atoms with van der Waals surface area (Å²) in [7, 11) is 0. The first-order valence-electron chi connectivity index (χ1n) is 11.7. The quantitative estimate of drug-likeness (QED) is 0.330. The van der Waals surface area contributed by atoms with E-state index in [1.807, 2.05) is 41.3 Å². The van der Waals surface area contributed by atoms with E-state index in [1.54, 1.807) is 11.8 Å². The van der Waals surface area contributed by atoms with Gasteiger partial charge in [-0.25, -0.2) is 0 Å². The molecule has 0 spiro atoms. The van der Waals surface area contributed by atoms with Crippen LogP contribution in [0.2, 0.25) is 0 Å². The first-order chi connectivity index (χ1) is 15.5. The molecule has 0 saturated carbocycles. The van der Waals surface area contributed by atoms with Crippen LogP contribution in [0.4, 0.5) is 5.69 Å². The molecular formula is C26H34N4OS. The van der Waals surface area contributed by atoms with Crippen LogP contribution in [-0.2, 0) is 4.79 Å². The molecule has 1 fully saturated rings. The standard InChI is InChI=1S/C26H34N4OS/c1-18-13-14-19(2)29(18)15-6-3-7-16-30-22-11-4-5-12-23(22)32-24(26(30)31)20-9-8-10-21(17-20)25(27)28/h4-5,8-12,17-19,24H,3,6-7,13-16H2,1-2H3,(H3,27,28). The summed E-state index contributed by atoms with van der Waals surface area (Å²) in [6.07, 6.45) is 5.92. The molecule has 4 rings (SSSR count). The number of amidine groups is 1. The summed E-state index contributed by atoms with van der Waals surface area (Å²) in [5, 5.41) is 7.43. The molecule has 2 heterocycles. The second-order valence-corrected chi connectivity index (χ2v) is 10.2. The second-order valence-electron chi connectivity index (χ2n) is 9.07. The minimum atomic E-state index is -0.310. The number of nitrogens with two attached hydrogens (primary N) is 1. The van der Waals surface area contributed by atoms with Gasteiger partial charge in [0, 0.05) is 29.1 Å². The summed E-state index contributed by atoms with van der Waals surface area (Å²) in [6.45, 7) is 6.57. The third-order valence-electron chi connectivity index (χ3n) is 6.82. The Morgan fingerprint density at radius 3 is 2.50 bits per heavy atom. The molecule has 0 radical (unpaired) electrons. The van der Waals surface area contributed by atoms with Crippen LogP contribution in [0.25, 0.3) is 0 Å². The number of amides is 1. The Hall–Kier alpha value is -2.31.